The Kier molecular flexibility index (Phi) is 4.74. The number of allylic oxidation sites excluding steroid dienone is 1. The molecule has 0 fully saturated rings. The van der Waals surface area contributed by atoms with Crippen molar-refractivity contribution in [3.05, 3.63) is 11.6 Å². The van der Waals surface area contributed by atoms with Gasteiger partial charge in [0.15, 0.2) is 0 Å². The summed E-state index contributed by atoms with van der Waals surface area (Å²) in [5.74, 6) is -0.222. The van der Waals surface area contributed by atoms with Crippen molar-refractivity contribution in [1.82, 2.24) is 0 Å². The molecule has 13 heavy (non-hydrogen) atoms. The maximum Gasteiger partial charge on any atom is 0.302 e. The Morgan fingerprint density at radius 2 is 1.85 bits per heavy atom. The van der Waals surface area contributed by atoms with Crippen molar-refractivity contribution in [2.75, 3.05) is 6.61 Å². The third-order valence-corrected chi connectivity index (χ3v) is 1.53. The van der Waals surface area contributed by atoms with Gasteiger partial charge in [0.05, 0.1) is 0 Å². The number of rotatable bonds is 3. The fraction of sp³-hybridized carbons (Fsp3) is 0.727. The first-order valence-electron chi connectivity index (χ1n) is 4.60. The Balaban J connectivity index is 3.83. The minimum absolute atomic E-state index is 0.222. The maximum atomic E-state index is 10.5. The van der Waals surface area contributed by atoms with Crippen LogP contribution in [0.2, 0.25) is 0 Å². The maximum absolute atomic E-state index is 10.5. The van der Waals surface area contributed by atoms with E-state index in [-0.39, 0.29) is 5.97 Å². The van der Waals surface area contributed by atoms with Crippen LogP contribution in [0.15, 0.2) is 11.6 Å². The number of carbonyl (C=O) groups excluding carboxylic acids is 1. The van der Waals surface area contributed by atoms with E-state index in [0.29, 0.717) is 12.0 Å². The highest BCUT2D eigenvalue weighted by atomic mass is 16.5. The monoisotopic (exact) mass is 184 g/mol. The largest absolute Gasteiger partial charge is 0.462 e. The van der Waals surface area contributed by atoms with Gasteiger partial charge in [0.1, 0.15) is 6.61 Å². The molecule has 0 spiro atoms. The summed E-state index contributed by atoms with van der Waals surface area (Å²) in [6.07, 6.45) is 3.00. The van der Waals surface area contributed by atoms with E-state index >= 15 is 0 Å². The van der Waals surface area contributed by atoms with Crippen molar-refractivity contribution in [3.8, 4) is 0 Å². The van der Waals surface area contributed by atoms with Gasteiger partial charge in [0.25, 0.3) is 0 Å². The van der Waals surface area contributed by atoms with Crippen molar-refractivity contribution in [3.63, 3.8) is 0 Å². The molecule has 0 rings (SSSR count). The SMILES string of the molecule is CC(=O)OC/C=C(\C)CC(C)(C)C. The molecule has 2 nitrogen and oxygen atoms in total. The molecule has 2 heteroatoms. The van der Waals surface area contributed by atoms with Crippen LogP contribution in [0.4, 0.5) is 0 Å². The Morgan fingerprint density at radius 3 is 2.23 bits per heavy atom. The fourth-order valence-corrected chi connectivity index (χ4v) is 1.21. The van der Waals surface area contributed by atoms with E-state index in [1.54, 1.807) is 0 Å². The molecule has 0 aromatic carbocycles. The summed E-state index contributed by atoms with van der Waals surface area (Å²) in [6, 6.07) is 0. The number of carbonyl (C=O) groups is 1. The van der Waals surface area contributed by atoms with Gasteiger partial charge in [-0.2, -0.15) is 0 Å². The van der Waals surface area contributed by atoms with Crippen molar-refractivity contribution in [2.45, 2.75) is 41.0 Å². The lowest BCUT2D eigenvalue weighted by molar-refractivity contribution is -0.139. The smallest absolute Gasteiger partial charge is 0.302 e. The van der Waals surface area contributed by atoms with Gasteiger partial charge in [0.2, 0.25) is 0 Å². The first-order chi connectivity index (χ1) is 5.81. The lowest BCUT2D eigenvalue weighted by Crippen LogP contribution is -2.06. The highest BCUT2D eigenvalue weighted by Crippen LogP contribution is 2.23. The number of ether oxygens (including phenoxy) is 1. The third kappa shape index (κ3) is 9.12. The van der Waals surface area contributed by atoms with E-state index in [1.807, 2.05) is 6.08 Å². The molecular weight excluding hydrogens is 164 g/mol. The second kappa shape index (κ2) is 5.05. The topological polar surface area (TPSA) is 26.3 Å². The van der Waals surface area contributed by atoms with Crippen molar-refractivity contribution >= 4 is 5.97 Å². The van der Waals surface area contributed by atoms with Gasteiger partial charge in [-0.25, -0.2) is 0 Å². The second-order valence-electron chi connectivity index (χ2n) is 4.59. The Hall–Kier alpha value is -0.790. The normalized spacial score (nSPS) is 12.8. The molecule has 0 aromatic heterocycles. The number of esters is 1. The van der Waals surface area contributed by atoms with Gasteiger partial charge in [0, 0.05) is 6.92 Å². The summed E-state index contributed by atoms with van der Waals surface area (Å²) in [5, 5.41) is 0. The van der Waals surface area contributed by atoms with E-state index in [4.69, 9.17) is 4.74 Å². The molecule has 0 N–H and O–H groups in total. The van der Waals surface area contributed by atoms with Crippen LogP contribution in [0.1, 0.15) is 41.0 Å². The van der Waals surface area contributed by atoms with E-state index in [1.165, 1.54) is 12.5 Å². The fourth-order valence-electron chi connectivity index (χ4n) is 1.21. The van der Waals surface area contributed by atoms with Crippen LogP contribution in [0, 0.1) is 5.41 Å². The van der Waals surface area contributed by atoms with E-state index in [0.717, 1.165) is 6.42 Å². The Morgan fingerprint density at radius 1 is 1.31 bits per heavy atom. The summed E-state index contributed by atoms with van der Waals surface area (Å²) >= 11 is 0. The van der Waals surface area contributed by atoms with Gasteiger partial charge >= 0.3 is 5.97 Å². The van der Waals surface area contributed by atoms with Crippen molar-refractivity contribution in [2.24, 2.45) is 5.41 Å². The zero-order valence-electron chi connectivity index (χ0n) is 9.31. The summed E-state index contributed by atoms with van der Waals surface area (Å²) < 4.78 is 4.81. The van der Waals surface area contributed by atoms with E-state index < -0.39 is 0 Å². The molecule has 0 radical (unpaired) electrons. The van der Waals surface area contributed by atoms with Gasteiger partial charge in [-0.05, 0) is 24.8 Å². The van der Waals surface area contributed by atoms with E-state index in [2.05, 4.69) is 27.7 Å². The summed E-state index contributed by atoms with van der Waals surface area (Å²) in [5.41, 5.74) is 1.57. The molecule has 0 saturated heterocycles. The van der Waals surface area contributed by atoms with E-state index in [9.17, 15) is 4.79 Å². The van der Waals surface area contributed by atoms with Gasteiger partial charge in [-0.15, -0.1) is 0 Å². The second-order valence-corrected chi connectivity index (χ2v) is 4.59. The van der Waals surface area contributed by atoms with Crippen molar-refractivity contribution in [1.29, 1.82) is 0 Å². The highest BCUT2D eigenvalue weighted by molar-refractivity contribution is 5.66. The van der Waals surface area contributed by atoms with Crippen LogP contribution in [0.3, 0.4) is 0 Å². The minimum atomic E-state index is -0.222. The Labute approximate surface area is 81.0 Å². The summed E-state index contributed by atoms with van der Waals surface area (Å²) in [7, 11) is 0. The summed E-state index contributed by atoms with van der Waals surface area (Å²) in [6.45, 7) is 10.5. The molecule has 0 atom stereocenters. The highest BCUT2D eigenvalue weighted by Gasteiger charge is 2.10. The molecule has 0 heterocycles. The molecule has 0 unspecified atom stereocenters. The lowest BCUT2D eigenvalue weighted by Gasteiger charge is -2.18. The predicted molar refractivity (Wildman–Crippen MR) is 54.5 cm³/mol. The van der Waals surface area contributed by atoms with Gasteiger partial charge in [-0.1, -0.05) is 26.3 Å². The zero-order chi connectivity index (χ0) is 10.5. The quantitative estimate of drug-likeness (QED) is 0.498. The van der Waals surface area contributed by atoms with Crippen molar-refractivity contribution < 1.29 is 9.53 Å². The lowest BCUT2D eigenvalue weighted by atomic mass is 9.88. The first kappa shape index (κ1) is 12.2. The molecule has 0 aromatic rings. The number of hydrogen-bond acceptors (Lipinski definition) is 2. The predicted octanol–water partition coefficient (Wildman–Crippen LogP) is 2.93. The van der Waals surface area contributed by atoms with Crippen LogP contribution in [-0.2, 0) is 9.53 Å². The third-order valence-electron chi connectivity index (χ3n) is 1.53. The number of hydrogen-bond donors (Lipinski definition) is 0. The summed E-state index contributed by atoms with van der Waals surface area (Å²) in [4.78, 5) is 10.5. The molecule has 0 bridgehead atoms. The molecule has 0 aliphatic carbocycles. The zero-order valence-corrected chi connectivity index (χ0v) is 9.31. The molecule has 0 aliphatic rings. The molecule has 0 amide bonds. The Bertz CT molecular complexity index is 197. The van der Waals surface area contributed by atoms with Gasteiger partial charge in [-0.3, -0.25) is 4.79 Å². The first-order valence-corrected chi connectivity index (χ1v) is 4.60. The average Bonchev–Trinajstić information content (AvgIpc) is 1.81. The minimum Gasteiger partial charge on any atom is -0.462 e. The molecule has 0 saturated carbocycles. The van der Waals surface area contributed by atoms with Crippen LogP contribution in [0.25, 0.3) is 0 Å². The van der Waals surface area contributed by atoms with Crippen LogP contribution in [-0.4, -0.2) is 12.6 Å². The van der Waals surface area contributed by atoms with Gasteiger partial charge < -0.3 is 4.74 Å². The average molecular weight is 184 g/mol. The molecule has 76 valence electrons. The standard InChI is InChI=1S/C11H20O2/c1-9(8-11(3,4)5)6-7-13-10(2)12/h6H,7-8H2,1-5H3/b9-6+. The van der Waals surface area contributed by atoms with Crippen LogP contribution < -0.4 is 0 Å². The molecule has 0 aliphatic heterocycles. The van der Waals surface area contributed by atoms with Crippen LogP contribution in [0.5, 0.6) is 0 Å². The van der Waals surface area contributed by atoms with Crippen LogP contribution >= 0.6 is 0 Å². The molecular formula is C11H20O2.